The Morgan fingerprint density at radius 2 is 2.11 bits per heavy atom. The van der Waals surface area contributed by atoms with Gasteiger partial charge in [0, 0.05) is 24.5 Å². The number of nitrogens with zero attached hydrogens (tertiary/aromatic N) is 4. The number of hydrogen-bond donors (Lipinski definition) is 3. The summed E-state index contributed by atoms with van der Waals surface area (Å²) in [6, 6.07) is 4.59. The number of rotatable bonds is 3. The fraction of sp³-hybridized carbons (Fsp3) is 0.450. The fourth-order valence-electron chi connectivity index (χ4n) is 4.26. The summed E-state index contributed by atoms with van der Waals surface area (Å²) in [5, 5.41) is 12.3. The zero-order valence-electron chi connectivity index (χ0n) is 15.9. The summed E-state index contributed by atoms with van der Waals surface area (Å²) >= 11 is 0. The Balaban J connectivity index is 1.47. The Kier molecular flexibility index (Phi) is 5.03. The van der Waals surface area contributed by atoms with Crippen LogP contribution >= 0.6 is 0 Å². The molecule has 144 valence electrons. The SMILES string of the molecule is Cc1c(C#N)cnc(C(=O)NC2CCC3NNC(c4ccncn4)C3C2)c1C. The zero-order valence-corrected chi connectivity index (χ0v) is 15.9. The summed E-state index contributed by atoms with van der Waals surface area (Å²) in [5.74, 6) is 0.164. The molecule has 2 aliphatic rings. The minimum atomic E-state index is -0.175. The summed E-state index contributed by atoms with van der Waals surface area (Å²) in [7, 11) is 0. The maximum Gasteiger partial charge on any atom is 0.270 e. The Hall–Kier alpha value is -2.89. The van der Waals surface area contributed by atoms with Gasteiger partial charge >= 0.3 is 0 Å². The monoisotopic (exact) mass is 377 g/mol. The third kappa shape index (κ3) is 3.35. The first-order valence-corrected chi connectivity index (χ1v) is 9.52. The van der Waals surface area contributed by atoms with Gasteiger partial charge in [0.2, 0.25) is 0 Å². The highest BCUT2D eigenvalue weighted by Crippen LogP contribution is 2.37. The number of carbonyl (C=O) groups is 1. The number of carbonyl (C=O) groups excluding carboxylic acids is 1. The van der Waals surface area contributed by atoms with Gasteiger partial charge in [-0.2, -0.15) is 5.26 Å². The molecule has 0 bridgehead atoms. The van der Waals surface area contributed by atoms with E-state index in [1.807, 2.05) is 19.9 Å². The molecule has 0 aromatic carbocycles. The van der Waals surface area contributed by atoms with E-state index in [9.17, 15) is 4.79 Å². The molecule has 2 fully saturated rings. The number of fused-ring (bicyclic) bond motifs is 1. The molecule has 1 saturated carbocycles. The van der Waals surface area contributed by atoms with Crippen molar-refractivity contribution in [2.24, 2.45) is 5.92 Å². The van der Waals surface area contributed by atoms with Gasteiger partial charge in [-0.05, 0) is 56.2 Å². The fourth-order valence-corrected chi connectivity index (χ4v) is 4.26. The molecule has 8 nitrogen and oxygen atoms in total. The maximum absolute atomic E-state index is 12.8. The van der Waals surface area contributed by atoms with Crippen LogP contribution in [0.4, 0.5) is 0 Å². The van der Waals surface area contributed by atoms with Crippen LogP contribution in [0, 0.1) is 31.1 Å². The minimum Gasteiger partial charge on any atom is -0.348 e. The molecule has 0 radical (unpaired) electrons. The Morgan fingerprint density at radius 1 is 1.25 bits per heavy atom. The van der Waals surface area contributed by atoms with E-state index in [2.05, 4.69) is 37.2 Å². The average Bonchev–Trinajstić information content (AvgIpc) is 3.14. The molecule has 28 heavy (non-hydrogen) atoms. The molecule has 0 spiro atoms. The van der Waals surface area contributed by atoms with Gasteiger partial charge in [-0.1, -0.05) is 0 Å². The lowest BCUT2D eigenvalue weighted by Crippen LogP contribution is -2.44. The van der Waals surface area contributed by atoms with Crippen LogP contribution in [-0.2, 0) is 0 Å². The smallest absolute Gasteiger partial charge is 0.270 e. The van der Waals surface area contributed by atoms with Crippen molar-refractivity contribution in [1.82, 2.24) is 31.1 Å². The quantitative estimate of drug-likeness (QED) is 0.742. The standard InChI is InChI=1S/C20H23N7O/c1-11-12(2)18(23-9-13(11)8-21)20(28)25-14-3-4-16-15(7-14)19(27-26-16)17-5-6-22-10-24-17/h5-6,9-10,14-16,19,26-27H,3-4,7H2,1-2H3,(H,25,28). The minimum absolute atomic E-state index is 0.0805. The van der Waals surface area contributed by atoms with Crippen molar-refractivity contribution in [3.05, 3.63) is 52.9 Å². The van der Waals surface area contributed by atoms with Crippen LogP contribution in [0.5, 0.6) is 0 Å². The van der Waals surface area contributed by atoms with E-state index in [1.54, 1.807) is 12.5 Å². The summed E-state index contributed by atoms with van der Waals surface area (Å²) in [4.78, 5) is 25.4. The van der Waals surface area contributed by atoms with Gasteiger partial charge in [0.1, 0.15) is 18.1 Å². The van der Waals surface area contributed by atoms with Crippen LogP contribution in [0.25, 0.3) is 0 Å². The molecule has 1 aliphatic heterocycles. The van der Waals surface area contributed by atoms with Crippen molar-refractivity contribution in [2.45, 2.75) is 51.2 Å². The maximum atomic E-state index is 12.8. The molecule has 1 aliphatic carbocycles. The van der Waals surface area contributed by atoms with E-state index in [-0.39, 0.29) is 18.0 Å². The average molecular weight is 377 g/mol. The largest absolute Gasteiger partial charge is 0.348 e. The second kappa shape index (κ2) is 7.62. The van der Waals surface area contributed by atoms with Crippen LogP contribution in [0.1, 0.15) is 58.2 Å². The number of hydrazine groups is 1. The van der Waals surface area contributed by atoms with Gasteiger partial charge < -0.3 is 5.32 Å². The van der Waals surface area contributed by atoms with Crippen LogP contribution in [0.3, 0.4) is 0 Å². The lowest BCUT2D eigenvalue weighted by atomic mass is 9.78. The first-order chi connectivity index (χ1) is 13.6. The van der Waals surface area contributed by atoms with E-state index in [4.69, 9.17) is 5.26 Å². The van der Waals surface area contributed by atoms with Crippen molar-refractivity contribution in [2.75, 3.05) is 0 Å². The van der Waals surface area contributed by atoms with Gasteiger partial charge in [-0.15, -0.1) is 0 Å². The van der Waals surface area contributed by atoms with Gasteiger partial charge in [0.15, 0.2) is 0 Å². The van der Waals surface area contributed by atoms with Gasteiger partial charge in [0.05, 0.1) is 17.3 Å². The van der Waals surface area contributed by atoms with Crippen LogP contribution in [-0.4, -0.2) is 32.9 Å². The zero-order chi connectivity index (χ0) is 19.7. The molecule has 4 atom stereocenters. The Bertz CT molecular complexity index is 924. The lowest BCUT2D eigenvalue weighted by Gasteiger charge is -2.33. The molecule has 2 aromatic heterocycles. The Morgan fingerprint density at radius 3 is 2.86 bits per heavy atom. The number of nitriles is 1. The van der Waals surface area contributed by atoms with Gasteiger partial charge in [-0.25, -0.2) is 20.4 Å². The molecule has 8 heteroatoms. The number of aromatic nitrogens is 3. The van der Waals surface area contributed by atoms with Gasteiger partial charge in [-0.3, -0.25) is 10.2 Å². The van der Waals surface area contributed by atoms with Crippen molar-refractivity contribution in [3.63, 3.8) is 0 Å². The molecule has 4 rings (SSSR count). The van der Waals surface area contributed by atoms with E-state index >= 15 is 0 Å². The normalized spacial score (nSPS) is 26.3. The molecule has 3 heterocycles. The topological polar surface area (TPSA) is 116 Å². The van der Waals surface area contributed by atoms with Crippen LogP contribution in [0.2, 0.25) is 0 Å². The van der Waals surface area contributed by atoms with Crippen LogP contribution < -0.4 is 16.2 Å². The first-order valence-electron chi connectivity index (χ1n) is 9.52. The van der Waals surface area contributed by atoms with E-state index in [1.165, 1.54) is 6.20 Å². The van der Waals surface area contributed by atoms with Crippen molar-refractivity contribution in [3.8, 4) is 6.07 Å². The highest BCUT2D eigenvalue weighted by atomic mass is 16.1. The van der Waals surface area contributed by atoms with Gasteiger partial charge in [0.25, 0.3) is 5.91 Å². The highest BCUT2D eigenvalue weighted by molar-refractivity contribution is 5.94. The summed E-state index contributed by atoms with van der Waals surface area (Å²) < 4.78 is 0. The Labute approximate surface area is 163 Å². The molecule has 2 aromatic rings. The predicted octanol–water partition coefficient (Wildman–Crippen LogP) is 1.48. The highest BCUT2D eigenvalue weighted by Gasteiger charge is 2.42. The third-order valence-electron chi connectivity index (χ3n) is 5.99. The summed E-state index contributed by atoms with van der Waals surface area (Å²) in [5.41, 5.74) is 10.2. The first kappa shape index (κ1) is 18.5. The number of hydrogen-bond acceptors (Lipinski definition) is 7. The number of pyridine rings is 1. The van der Waals surface area contributed by atoms with Crippen molar-refractivity contribution >= 4 is 5.91 Å². The number of amides is 1. The van der Waals surface area contributed by atoms with Crippen LogP contribution in [0.15, 0.2) is 24.8 Å². The molecule has 3 N–H and O–H groups in total. The molecular weight excluding hydrogens is 354 g/mol. The van der Waals surface area contributed by atoms with E-state index in [0.717, 1.165) is 36.1 Å². The second-order valence-corrected chi connectivity index (χ2v) is 7.54. The molecule has 4 unspecified atom stereocenters. The van der Waals surface area contributed by atoms with Crippen molar-refractivity contribution < 1.29 is 4.79 Å². The predicted molar refractivity (Wildman–Crippen MR) is 102 cm³/mol. The second-order valence-electron chi connectivity index (χ2n) is 7.54. The third-order valence-corrected chi connectivity index (χ3v) is 5.99. The lowest BCUT2D eigenvalue weighted by molar-refractivity contribution is 0.0909. The molecule has 1 amide bonds. The van der Waals surface area contributed by atoms with E-state index < -0.39 is 0 Å². The summed E-state index contributed by atoms with van der Waals surface area (Å²) in [6.07, 6.45) is 7.54. The van der Waals surface area contributed by atoms with Crippen molar-refractivity contribution in [1.29, 1.82) is 5.26 Å². The summed E-state index contributed by atoms with van der Waals surface area (Å²) in [6.45, 7) is 3.69. The van der Waals surface area contributed by atoms with E-state index in [0.29, 0.717) is 23.2 Å². The number of nitrogens with one attached hydrogen (secondary N) is 3. The molecule has 1 saturated heterocycles. The molecular formula is C20H23N7O.